The minimum absolute atomic E-state index is 0.00577. The van der Waals surface area contributed by atoms with Gasteiger partial charge in [0.1, 0.15) is 6.04 Å². The van der Waals surface area contributed by atoms with E-state index in [0.717, 1.165) is 19.3 Å². The second-order valence-corrected chi connectivity index (χ2v) is 11.2. The van der Waals surface area contributed by atoms with Crippen LogP contribution in [0.2, 0.25) is 0 Å². The fraction of sp³-hybridized carbons (Fsp3) is 0.870. The van der Waals surface area contributed by atoms with Gasteiger partial charge in [-0.3, -0.25) is 14.4 Å². The highest BCUT2D eigenvalue weighted by atomic mass is 32.2. The van der Waals surface area contributed by atoms with Crippen LogP contribution in [0.15, 0.2) is 0 Å². The Kier molecular flexibility index (Phi) is 7.62. The van der Waals surface area contributed by atoms with Crippen molar-refractivity contribution in [2.45, 2.75) is 82.4 Å². The average molecular weight is 455 g/mol. The molecule has 31 heavy (non-hydrogen) atoms. The lowest BCUT2D eigenvalue weighted by molar-refractivity contribution is -0.154. The van der Waals surface area contributed by atoms with Crippen LogP contribution in [0.1, 0.15) is 60.3 Å². The highest BCUT2D eigenvalue weighted by Gasteiger charge is 2.76. The fourth-order valence-corrected chi connectivity index (χ4v) is 8.36. The number of thioether (sulfide) groups is 1. The number of esters is 1. The first-order valence-corrected chi connectivity index (χ1v) is 12.7. The summed E-state index contributed by atoms with van der Waals surface area (Å²) in [6.07, 6.45) is 3.23. The zero-order valence-electron chi connectivity index (χ0n) is 19.4. The number of nitrogens with zero attached hydrogens (tertiary/aromatic N) is 1. The highest BCUT2D eigenvalue weighted by molar-refractivity contribution is 8.02. The van der Waals surface area contributed by atoms with Gasteiger partial charge in [0, 0.05) is 11.8 Å². The fourth-order valence-electron chi connectivity index (χ4n) is 5.96. The summed E-state index contributed by atoms with van der Waals surface area (Å²) in [4.78, 5) is 41.9. The van der Waals surface area contributed by atoms with E-state index >= 15 is 0 Å². The van der Waals surface area contributed by atoms with Gasteiger partial charge in [0.05, 0.1) is 35.8 Å². The van der Waals surface area contributed by atoms with Gasteiger partial charge in [-0.15, -0.1) is 11.8 Å². The third kappa shape index (κ3) is 3.99. The Morgan fingerprint density at radius 3 is 2.65 bits per heavy atom. The molecule has 8 heteroatoms. The van der Waals surface area contributed by atoms with Crippen LogP contribution in [0.4, 0.5) is 0 Å². The molecule has 3 saturated heterocycles. The maximum absolute atomic E-state index is 13.9. The van der Waals surface area contributed by atoms with Crippen LogP contribution in [0, 0.1) is 23.7 Å². The van der Waals surface area contributed by atoms with Crippen molar-refractivity contribution in [2.24, 2.45) is 23.7 Å². The van der Waals surface area contributed by atoms with Crippen molar-refractivity contribution in [2.75, 3.05) is 19.8 Å². The van der Waals surface area contributed by atoms with Gasteiger partial charge in [-0.1, -0.05) is 34.1 Å². The molecule has 3 aliphatic heterocycles. The van der Waals surface area contributed by atoms with Crippen molar-refractivity contribution < 1.29 is 24.2 Å². The first-order valence-electron chi connectivity index (χ1n) is 11.8. The number of nitrogens with one attached hydrogen (secondary N) is 1. The van der Waals surface area contributed by atoms with E-state index in [1.165, 1.54) is 0 Å². The Labute approximate surface area is 190 Å². The van der Waals surface area contributed by atoms with Crippen LogP contribution in [-0.2, 0) is 19.1 Å². The zero-order valence-corrected chi connectivity index (χ0v) is 20.2. The lowest BCUT2D eigenvalue weighted by Gasteiger charge is -2.40. The van der Waals surface area contributed by atoms with E-state index in [-0.39, 0.29) is 48.1 Å². The first-order chi connectivity index (χ1) is 14.7. The molecule has 2 amide bonds. The monoisotopic (exact) mass is 454 g/mol. The molecule has 0 radical (unpaired) electrons. The van der Waals surface area contributed by atoms with E-state index in [2.05, 4.69) is 19.2 Å². The lowest BCUT2D eigenvalue weighted by Crippen LogP contribution is -2.58. The largest absolute Gasteiger partial charge is 0.466 e. The summed E-state index contributed by atoms with van der Waals surface area (Å²) in [6, 6.07) is -1.12. The van der Waals surface area contributed by atoms with Crippen LogP contribution in [0.5, 0.6) is 0 Å². The predicted molar refractivity (Wildman–Crippen MR) is 120 cm³/mol. The Morgan fingerprint density at radius 2 is 2.06 bits per heavy atom. The number of likely N-dealkylation sites (tertiary alicyclic amines) is 1. The summed E-state index contributed by atoms with van der Waals surface area (Å²) in [7, 11) is 0. The lowest BCUT2D eigenvalue weighted by atomic mass is 9.66. The van der Waals surface area contributed by atoms with E-state index in [4.69, 9.17) is 4.74 Å². The van der Waals surface area contributed by atoms with Crippen molar-refractivity contribution in [3.8, 4) is 0 Å². The maximum atomic E-state index is 13.9. The maximum Gasteiger partial charge on any atom is 0.310 e. The summed E-state index contributed by atoms with van der Waals surface area (Å²) in [5.74, 6) is -1.38. The minimum atomic E-state index is -0.679. The van der Waals surface area contributed by atoms with Gasteiger partial charge in [-0.2, -0.15) is 0 Å². The van der Waals surface area contributed by atoms with E-state index in [1.807, 2.05) is 13.8 Å². The quantitative estimate of drug-likeness (QED) is 0.388. The van der Waals surface area contributed by atoms with E-state index in [9.17, 15) is 19.5 Å². The number of hydrogen-bond acceptors (Lipinski definition) is 6. The molecule has 0 saturated carbocycles. The molecular formula is C23H38N2O5S. The normalized spacial score (nSPS) is 34.9. The SMILES string of the molecule is CCCCNC(=O)C1N([C@@H](CO)CC(C)C)C(=O)[C@@H]2[C@H](C(=O)OCC)[C@@H]3CC(C)C12S3. The summed E-state index contributed by atoms with van der Waals surface area (Å²) in [6.45, 7) is 10.7. The minimum Gasteiger partial charge on any atom is -0.466 e. The number of carbonyl (C=O) groups excluding carboxylic acids is 3. The van der Waals surface area contributed by atoms with E-state index in [1.54, 1.807) is 23.6 Å². The molecule has 3 rings (SSSR count). The molecule has 176 valence electrons. The smallest absolute Gasteiger partial charge is 0.310 e. The molecule has 7 nitrogen and oxygen atoms in total. The molecule has 3 aliphatic rings. The molecule has 2 bridgehead atoms. The summed E-state index contributed by atoms with van der Waals surface area (Å²) in [5, 5.41) is 13.2. The zero-order chi connectivity index (χ0) is 22.9. The van der Waals surface area contributed by atoms with Gasteiger partial charge in [0.2, 0.25) is 11.8 Å². The van der Waals surface area contributed by atoms with Crippen molar-refractivity contribution in [3.63, 3.8) is 0 Å². The van der Waals surface area contributed by atoms with Crippen molar-refractivity contribution in [1.82, 2.24) is 10.2 Å². The molecule has 0 aliphatic carbocycles. The van der Waals surface area contributed by atoms with Gasteiger partial charge in [0.25, 0.3) is 0 Å². The van der Waals surface area contributed by atoms with Gasteiger partial charge < -0.3 is 20.1 Å². The molecule has 3 heterocycles. The Hall–Kier alpha value is -1.28. The van der Waals surface area contributed by atoms with Crippen molar-refractivity contribution >= 4 is 29.5 Å². The van der Waals surface area contributed by atoms with Gasteiger partial charge in [0.15, 0.2) is 0 Å². The molecule has 7 atom stereocenters. The Morgan fingerprint density at radius 1 is 1.35 bits per heavy atom. The molecule has 3 fully saturated rings. The number of carbonyl (C=O) groups is 3. The van der Waals surface area contributed by atoms with Crippen LogP contribution in [0.25, 0.3) is 0 Å². The van der Waals surface area contributed by atoms with E-state index < -0.39 is 28.7 Å². The topological polar surface area (TPSA) is 95.9 Å². The number of unbranched alkanes of at least 4 members (excludes halogenated alkanes) is 1. The van der Waals surface area contributed by atoms with Crippen LogP contribution in [-0.4, -0.2) is 69.6 Å². The molecular weight excluding hydrogens is 416 g/mol. The standard InChI is InChI=1S/C23H38N2O5S/c1-6-8-9-24-20(27)19-23-14(5)11-16(31-23)17(22(29)30-7-2)18(23)21(28)25(19)15(12-26)10-13(3)4/h13-19,26H,6-12H2,1-5H3,(H,24,27)/t14?,15-,16+,17-,18+,19?,23?/m1/s1. The number of aliphatic hydroxyl groups excluding tert-OH is 1. The molecule has 0 aromatic carbocycles. The third-order valence-corrected chi connectivity index (χ3v) is 9.24. The molecule has 3 unspecified atom stereocenters. The second-order valence-electron chi connectivity index (χ2n) is 9.66. The summed E-state index contributed by atoms with van der Waals surface area (Å²) < 4.78 is 4.70. The Bertz CT molecular complexity index is 701. The van der Waals surface area contributed by atoms with E-state index in [0.29, 0.717) is 13.0 Å². The molecule has 2 N–H and O–H groups in total. The highest BCUT2D eigenvalue weighted by Crippen LogP contribution is 2.69. The molecule has 0 aromatic rings. The number of rotatable bonds is 10. The Balaban J connectivity index is 2.04. The summed E-state index contributed by atoms with van der Waals surface area (Å²) in [5.41, 5.74) is 0. The van der Waals surface area contributed by atoms with Gasteiger partial charge >= 0.3 is 5.97 Å². The van der Waals surface area contributed by atoms with Crippen LogP contribution >= 0.6 is 11.8 Å². The molecule has 0 aromatic heterocycles. The molecule has 1 spiro atoms. The number of fused-ring (bicyclic) bond motifs is 1. The van der Waals surface area contributed by atoms with Gasteiger partial charge in [-0.25, -0.2) is 0 Å². The number of aliphatic hydroxyl groups is 1. The number of hydrogen-bond donors (Lipinski definition) is 2. The second kappa shape index (κ2) is 9.69. The first kappa shape index (κ1) is 24.4. The predicted octanol–water partition coefficient (Wildman–Crippen LogP) is 2.21. The van der Waals surface area contributed by atoms with Crippen LogP contribution < -0.4 is 5.32 Å². The van der Waals surface area contributed by atoms with Crippen LogP contribution in [0.3, 0.4) is 0 Å². The number of ether oxygens (including phenoxy) is 1. The third-order valence-electron chi connectivity index (χ3n) is 7.17. The van der Waals surface area contributed by atoms with Gasteiger partial charge in [-0.05, 0) is 38.0 Å². The van der Waals surface area contributed by atoms with Crippen molar-refractivity contribution in [1.29, 1.82) is 0 Å². The summed E-state index contributed by atoms with van der Waals surface area (Å²) >= 11 is 1.64. The average Bonchev–Trinajstić information content (AvgIpc) is 3.30. The van der Waals surface area contributed by atoms with Crippen molar-refractivity contribution in [3.05, 3.63) is 0 Å². The number of amides is 2.